The van der Waals surface area contributed by atoms with Gasteiger partial charge in [0.25, 0.3) is 0 Å². The van der Waals surface area contributed by atoms with E-state index < -0.39 is 0 Å². The van der Waals surface area contributed by atoms with E-state index in [1.807, 2.05) is 40.9 Å². The first-order valence-electron chi connectivity index (χ1n) is 10.6. The number of methoxy groups -OCH3 is 2. The largest absolute Gasteiger partial charge is 0.497 e. The lowest BCUT2D eigenvalue weighted by Gasteiger charge is -2.13. The van der Waals surface area contributed by atoms with Crippen LogP contribution in [0.15, 0.2) is 54.6 Å². The van der Waals surface area contributed by atoms with Crippen molar-refractivity contribution < 1.29 is 9.47 Å². The second-order valence-electron chi connectivity index (χ2n) is 8.33. The minimum atomic E-state index is 0.315. The van der Waals surface area contributed by atoms with Gasteiger partial charge in [-0.25, -0.2) is 9.50 Å². The molecule has 0 bridgehead atoms. The average molecular weight is 416 g/mol. The average Bonchev–Trinajstić information content (AvgIpc) is 3.17. The van der Waals surface area contributed by atoms with E-state index in [0.717, 1.165) is 50.9 Å². The smallest absolute Gasteiger partial charge is 0.164 e. The fourth-order valence-electron chi connectivity index (χ4n) is 3.74. The van der Waals surface area contributed by atoms with E-state index in [9.17, 15) is 0 Å². The Morgan fingerprint density at radius 2 is 1.29 bits per heavy atom. The summed E-state index contributed by atoms with van der Waals surface area (Å²) in [5.74, 6) is 2.28. The Hall–Kier alpha value is -3.34. The van der Waals surface area contributed by atoms with E-state index >= 15 is 0 Å². The van der Waals surface area contributed by atoms with Gasteiger partial charge in [0.1, 0.15) is 17.2 Å². The fraction of sp³-hybridized carbons (Fsp3) is 0.308. The SMILES string of the molecule is COc1ccc(-c2nn3c(C(C)C)cc(C(C)C)nc3c2-c2ccc(OC)cc2)cc1. The zero-order valence-electron chi connectivity index (χ0n) is 19.0. The van der Waals surface area contributed by atoms with Crippen molar-refractivity contribution in [2.75, 3.05) is 14.2 Å². The van der Waals surface area contributed by atoms with Crippen molar-refractivity contribution >= 4 is 5.65 Å². The summed E-state index contributed by atoms with van der Waals surface area (Å²) in [6.45, 7) is 8.74. The number of fused-ring (bicyclic) bond motifs is 1. The molecular weight excluding hydrogens is 386 g/mol. The quantitative estimate of drug-likeness (QED) is 0.369. The standard InChI is InChI=1S/C26H29N3O2/c1-16(2)22-15-23(17(3)4)29-26(27-22)24(18-7-11-20(30-5)12-8-18)25(28-29)19-9-13-21(31-6)14-10-19/h7-17H,1-6H3. The lowest BCUT2D eigenvalue weighted by molar-refractivity contribution is 0.414. The molecule has 0 atom stereocenters. The van der Waals surface area contributed by atoms with Crippen molar-refractivity contribution in [1.82, 2.24) is 14.6 Å². The highest BCUT2D eigenvalue weighted by Gasteiger charge is 2.22. The highest BCUT2D eigenvalue weighted by atomic mass is 16.5. The molecule has 0 aliphatic heterocycles. The Bertz CT molecular complexity index is 1190. The highest BCUT2D eigenvalue weighted by Crippen LogP contribution is 2.37. The third kappa shape index (κ3) is 3.88. The van der Waals surface area contributed by atoms with Gasteiger partial charge in [-0.1, -0.05) is 39.8 Å². The van der Waals surface area contributed by atoms with Crippen molar-refractivity contribution in [3.63, 3.8) is 0 Å². The van der Waals surface area contributed by atoms with Gasteiger partial charge in [0.2, 0.25) is 0 Å². The molecule has 4 aromatic rings. The number of ether oxygens (including phenoxy) is 2. The molecule has 2 aromatic carbocycles. The van der Waals surface area contributed by atoms with E-state index in [1.54, 1.807) is 14.2 Å². The Morgan fingerprint density at radius 3 is 1.77 bits per heavy atom. The van der Waals surface area contributed by atoms with E-state index in [4.69, 9.17) is 19.6 Å². The van der Waals surface area contributed by atoms with Crippen molar-refractivity contribution in [1.29, 1.82) is 0 Å². The molecule has 160 valence electrons. The lowest BCUT2D eigenvalue weighted by Crippen LogP contribution is -2.06. The molecule has 5 nitrogen and oxygen atoms in total. The number of rotatable bonds is 6. The Labute approximate surface area is 183 Å². The molecule has 2 heterocycles. The second-order valence-corrected chi connectivity index (χ2v) is 8.33. The normalized spacial score (nSPS) is 11.5. The maximum absolute atomic E-state index is 5.37. The van der Waals surface area contributed by atoms with Crippen molar-refractivity contribution in [2.45, 2.75) is 39.5 Å². The zero-order chi connectivity index (χ0) is 22.1. The predicted octanol–water partition coefficient (Wildman–Crippen LogP) is 6.33. The van der Waals surface area contributed by atoms with E-state index in [1.165, 1.54) is 0 Å². The topological polar surface area (TPSA) is 48.7 Å². The first-order valence-corrected chi connectivity index (χ1v) is 10.6. The Kier molecular flexibility index (Phi) is 5.68. The summed E-state index contributed by atoms with van der Waals surface area (Å²) in [4.78, 5) is 5.06. The van der Waals surface area contributed by atoms with Crippen LogP contribution in [0.4, 0.5) is 0 Å². The van der Waals surface area contributed by atoms with Crippen LogP contribution in [-0.4, -0.2) is 28.8 Å². The van der Waals surface area contributed by atoms with Crippen LogP contribution in [0.1, 0.15) is 50.9 Å². The summed E-state index contributed by atoms with van der Waals surface area (Å²) in [5.41, 5.74) is 7.13. The molecule has 0 spiro atoms. The van der Waals surface area contributed by atoms with Crippen LogP contribution in [0.25, 0.3) is 28.0 Å². The molecule has 0 amide bonds. The summed E-state index contributed by atoms with van der Waals surface area (Å²) in [6.07, 6.45) is 0. The molecule has 0 aliphatic carbocycles. The first kappa shape index (κ1) is 20.9. The van der Waals surface area contributed by atoms with Crippen LogP contribution in [0.5, 0.6) is 11.5 Å². The van der Waals surface area contributed by atoms with E-state index in [2.05, 4.69) is 45.9 Å². The molecule has 5 heteroatoms. The molecule has 31 heavy (non-hydrogen) atoms. The van der Waals surface area contributed by atoms with Gasteiger partial charge in [-0.2, -0.15) is 5.10 Å². The van der Waals surface area contributed by atoms with Crippen molar-refractivity contribution in [3.8, 4) is 33.9 Å². The molecule has 0 fully saturated rings. The van der Waals surface area contributed by atoms with Crippen LogP contribution in [0.2, 0.25) is 0 Å². The van der Waals surface area contributed by atoms with Gasteiger partial charge in [0.05, 0.1) is 19.8 Å². The summed E-state index contributed by atoms with van der Waals surface area (Å²) >= 11 is 0. The summed E-state index contributed by atoms with van der Waals surface area (Å²) in [7, 11) is 3.35. The molecule has 2 aromatic heterocycles. The van der Waals surface area contributed by atoms with Gasteiger partial charge < -0.3 is 9.47 Å². The highest BCUT2D eigenvalue weighted by molar-refractivity contribution is 5.90. The molecular formula is C26H29N3O2. The minimum Gasteiger partial charge on any atom is -0.497 e. The van der Waals surface area contributed by atoms with Crippen LogP contribution < -0.4 is 9.47 Å². The van der Waals surface area contributed by atoms with Gasteiger partial charge in [-0.3, -0.25) is 0 Å². The zero-order valence-corrected chi connectivity index (χ0v) is 19.0. The van der Waals surface area contributed by atoms with Gasteiger partial charge in [-0.15, -0.1) is 0 Å². The Balaban J connectivity index is 2.05. The first-order chi connectivity index (χ1) is 14.9. The molecule has 0 unspecified atom stereocenters. The lowest BCUT2D eigenvalue weighted by atomic mass is 10.00. The number of nitrogens with zero attached hydrogens (tertiary/aromatic N) is 3. The van der Waals surface area contributed by atoms with Gasteiger partial charge in [-0.05, 0) is 59.9 Å². The maximum Gasteiger partial charge on any atom is 0.164 e. The summed E-state index contributed by atoms with van der Waals surface area (Å²) in [5, 5.41) is 5.06. The van der Waals surface area contributed by atoms with Crippen LogP contribution in [0, 0.1) is 0 Å². The number of aromatic nitrogens is 3. The van der Waals surface area contributed by atoms with E-state index in [-0.39, 0.29) is 0 Å². The maximum atomic E-state index is 5.37. The minimum absolute atomic E-state index is 0.315. The monoisotopic (exact) mass is 415 g/mol. The third-order valence-electron chi connectivity index (χ3n) is 5.56. The second kappa shape index (κ2) is 8.42. The summed E-state index contributed by atoms with van der Waals surface area (Å²) in [6, 6.07) is 18.3. The van der Waals surface area contributed by atoms with Gasteiger partial charge in [0.15, 0.2) is 5.65 Å². The van der Waals surface area contributed by atoms with E-state index in [0.29, 0.717) is 11.8 Å². The van der Waals surface area contributed by atoms with Gasteiger partial charge in [0, 0.05) is 17.0 Å². The molecule has 0 radical (unpaired) electrons. The Morgan fingerprint density at radius 1 is 0.742 bits per heavy atom. The third-order valence-corrected chi connectivity index (χ3v) is 5.56. The van der Waals surface area contributed by atoms with Crippen LogP contribution in [-0.2, 0) is 0 Å². The summed E-state index contributed by atoms with van der Waals surface area (Å²) < 4.78 is 12.7. The number of hydrogen-bond acceptors (Lipinski definition) is 4. The number of benzene rings is 2. The van der Waals surface area contributed by atoms with Crippen molar-refractivity contribution in [3.05, 3.63) is 66.0 Å². The number of hydrogen-bond donors (Lipinski definition) is 0. The van der Waals surface area contributed by atoms with Crippen LogP contribution in [0.3, 0.4) is 0 Å². The fourth-order valence-corrected chi connectivity index (χ4v) is 3.74. The predicted molar refractivity (Wildman–Crippen MR) is 125 cm³/mol. The molecule has 0 saturated heterocycles. The van der Waals surface area contributed by atoms with Crippen LogP contribution >= 0.6 is 0 Å². The van der Waals surface area contributed by atoms with Gasteiger partial charge >= 0.3 is 0 Å². The molecule has 4 rings (SSSR count). The molecule has 0 N–H and O–H groups in total. The molecule has 0 saturated carbocycles. The van der Waals surface area contributed by atoms with Crippen molar-refractivity contribution in [2.24, 2.45) is 0 Å². The molecule has 0 aliphatic rings.